The van der Waals surface area contributed by atoms with Gasteiger partial charge in [-0.05, 0) is 49.1 Å². The number of pyridine rings is 3. The van der Waals surface area contributed by atoms with Gasteiger partial charge in [0, 0.05) is 64.9 Å². The summed E-state index contributed by atoms with van der Waals surface area (Å²) < 4.78 is 14.4. The van der Waals surface area contributed by atoms with Crippen molar-refractivity contribution < 1.29 is 4.39 Å². The molecule has 5 rings (SSSR count). The van der Waals surface area contributed by atoms with E-state index in [1.165, 1.54) is 12.8 Å². The van der Waals surface area contributed by atoms with Gasteiger partial charge in [-0.1, -0.05) is 6.07 Å². The Bertz CT molecular complexity index is 1130. The molecule has 0 unspecified atom stereocenters. The van der Waals surface area contributed by atoms with Crippen LogP contribution in [-0.4, -0.2) is 19.9 Å². The molecule has 0 aliphatic heterocycles. The second kappa shape index (κ2) is 6.27. The maximum absolute atomic E-state index is 14.4. The van der Waals surface area contributed by atoms with E-state index in [-0.39, 0.29) is 0 Å². The lowest BCUT2D eigenvalue weighted by atomic mass is 10.0. The van der Waals surface area contributed by atoms with Gasteiger partial charge in [0.1, 0.15) is 5.65 Å². The summed E-state index contributed by atoms with van der Waals surface area (Å²) in [6, 6.07) is 8.07. The van der Waals surface area contributed by atoms with Gasteiger partial charge >= 0.3 is 0 Å². The zero-order valence-corrected chi connectivity index (χ0v) is 15.0. The van der Waals surface area contributed by atoms with Gasteiger partial charge in [-0.15, -0.1) is 0 Å². The molecular formula is C22H19FN4. The van der Waals surface area contributed by atoms with Crippen molar-refractivity contribution in [2.24, 2.45) is 0 Å². The molecule has 0 aromatic carbocycles. The first-order valence-electron chi connectivity index (χ1n) is 9.21. The largest absolute Gasteiger partial charge is 0.346 e. The first kappa shape index (κ1) is 16.1. The Morgan fingerprint density at radius 1 is 1.00 bits per heavy atom. The molecule has 1 N–H and O–H groups in total. The highest BCUT2D eigenvalue weighted by atomic mass is 19.1. The molecular weight excluding hydrogens is 339 g/mol. The van der Waals surface area contributed by atoms with Gasteiger partial charge in [-0.25, -0.2) is 9.97 Å². The molecule has 4 aromatic heterocycles. The molecule has 0 amide bonds. The number of H-pyrrole nitrogens is 1. The summed E-state index contributed by atoms with van der Waals surface area (Å²) in [5, 5.41) is 1.02. The molecule has 27 heavy (non-hydrogen) atoms. The number of hydrogen-bond acceptors (Lipinski definition) is 3. The van der Waals surface area contributed by atoms with Gasteiger partial charge in [0.15, 0.2) is 0 Å². The van der Waals surface area contributed by atoms with Crippen LogP contribution >= 0.6 is 0 Å². The minimum Gasteiger partial charge on any atom is -0.346 e. The molecule has 0 radical (unpaired) electrons. The van der Waals surface area contributed by atoms with Crippen molar-refractivity contribution in [1.82, 2.24) is 19.9 Å². The van der Waals surface area contributed by atoms with Crippen LogP contribution in [0.25, 0.3) is 22.2 Å². The van der Waals surface area contributed by atoms with Crippen LogP contribution in [-0.2, 0) is 6.42 Å². The Morgan fingerprint density at radius 3 is 2.63 bits per heavy atom. The summed E-state index contributed by atoms with van der Waals surface area (Å²) >= 11 is 0. The molecule has 4 heterocycles. The van der Waals surface area contributed by atoms with Crippen molar-refractivity contribution in [2.45, 2.75) is 32.1 Å². The fourth-order valence-corrected chi connectivity index (χ4v) is 3.49. The third-order valence-corrected chi connectivity index (χ3v) is 5.16. The number of aromatic amines is 1. The highest BCUT2D eigenvalue weighted by Crippen LogP contribution is 2.39. The molecule has 1 aliphatic carbocycles. The molecule has 1 aliphatic rings. The maximum atomic E-state index is 14.4. The smallest absolute Gasteiger partial charge is 0.216 e. The summed E-state index contributed by atoms with van der Waals surface area (Å²) in [4.78, 5) is 16.1. The third-order valence-electron chi connectivity index (χ3n) is 5.16. The minimum absolute atomic E-state index is 0.434. The van der Waals surface area contributed by atoms with Gasteiger partial charge in [0.2, 0.25) is 5.95 Å². The van der Waals surface area contributed by atoms with Crippen molar-refractivity contribution in [3.63, 3.8) is 0 Å². The first-order valence-corrected chi connectivity index (χ1v) is 9.21. The quantitative estimate of drug-likeness (QED) is 0.526. The van der Waals surface area contributed by atoms with Gasteiger partial charge in [0.05, 0.1) is 0 Å². The average molecular weight is 358 g/mol. The topological polar surface area (TPSA) is 54.5 Å². The molecule has 5 heteroatoms. The van der Waals surface area contributed by atoms with Crippen LogP contribution in [0.5, 0.6) is 0 Å². The van der Waals surface area contributed by atoms with Crippen molar-refractivity contribution in [3.05, 3.63) is 77.4 Å². The van der Waals surface area contributed by atoms with Crippen LogP contribution in [0.15, 0.2) is 49.1 Å². The zero-order valence-electron chi connectivity index (χ0n) is 15.0. The molecule has 1 saturated carbocycles. The van der Waals surface area contributed by atoms with Crippen LogP contribution < -0.4 is 0 Å². The molecule has 0 bridgehead atoms. The van der Waals surface area contributed by atoms with E-state index in [9.17, 15) is 4.39 Å². The Balaban J connectivity index is 1.48. The Morgan fingerprint density at radius 2 is 1.85 bits per heavy atom. The van der Waals surface area contributed by atoms with E-state index in [1.807, 2.05) is 31.6 Å². The van der Waals surface area contributed by atoms with E-state index < -0.39 is 5.95 Å². The number of aromatic nitrogens is 4. The highest BCUT2D eigenvalue weighted by molar-refractivity contribution is 5.80. The third kappa shape index (κ3) is 3.10. The summed E-state index contributed by atoms with van der Waals surface area (Å²) in [5.41, 5.74) is 6.48. The summed E-state index contributed by atoms with van der Waals surface area (Å²) in [7, 11) is 0. The zero-order chi connectivity index (χ0) is 18.4. The second-order valence-corrected chi connectivity index (χ2v) is 7.32. The Labute approximate surface area is 156 Å². The molecule has 4 aromatic rings. The number of rotatable bonds is 4. The number of nitrogens with zero attached hydrogens (tertiary/aromatic N) is 3. The van der Waals surface area contributed by atoms with Crippen molar-refractivity contribution in [1.29, 1.82) is 0 Å². The Kier molecular flexibility index (Phi) is 3.74. The molecule has 134 valence electrons. The van der Waals surface area contributed by atoms with Gasteiger partial charge in [-0.2, -0.15) is 4.39 Å². The maximum Gasteiger partial charge on any atom is 0.216 e. The van der Waals surface area contributed by atoms with Crippen LogP contribution in [0, 0.1) is 12.9 Å². The van der Waals surface area contributed by atoms with Crippen LogP contribution in [0.4, 0.5) is 4.39 Å². The lowest BCUT2D eigenvalue weighted by Crippen LogP contribution is -1.97. The fraction of sp³-hybridized carbons (Fsp3) is 0.227. The Hall–Kier alpha value is -3.08. The van der Waals surface area contributed by atoms with Crippen LogP contribution in [0.3, 0.4) is 0 Å². The number of halogens is 1. The lowest BCUT2D eigenvalue weighted by Gasteiger charge is -2.07. The number of fused-ring (bicyclic) bond motifs is 1. The molecule has 0 atom stereocenters. The van der Waals surface area contributed by atoms with E-state index in [4.69, 9.17) is 0 Å². The normalized spacial score (nSPS) is 14.0. The van der Waals surface area contributed by atoms with Crippen LogP contribution in [0.1, 0.15) is 41.1 Å². The number of hydrogen-bond donors (Lipinski definition) is 1. The minimum atomic E-state index is -0.434. The monoisotopic (exact) mass is 358 g/mol. The van der Waals surface area contributed by atoms with E-state index in [0.29, 0.717) is 17.9 Å². The van der Waals surface area contributed by atoms with Crippen molar-refractivity contribution >= 4 is 11.0 Å². The van der Waals surface area contributed by atoms with Crippen molar-refractivity contribution in [2.75, 3.05) is 0 Å². The van der Waals surface area contributed by atoms with Gasteiger partial charge in [0.25, 0.3) is 0 Å². The summed E-state index contributed by atoms with van der Waals surface area (Å²) in [6.07, 6.45) is 10.1. The number of nitrogens with one attached hydrogen (secondary N) is 1. The van der Waals surface area contributed by atoms with Crippen molar-refractivity contribution in [3.8, 4) is 11.1 Å². The molecule has 4 nitrogen and oxygen atoms in total. The van der Waals surface area contributed by atoms with E-state index in [2.05, 4.69) is 38.1 Å². The van der Waals surface area contributed by atoms with E-state index >= 15 is 0 Å². The standard InChI is InChI=1S/C22H19FN4/c1-13-6-19-18(12-27-22(19)26-9-13)8-16-7-17(11-25-21(16)23)15-4-5-20(24-10-15)14-2-3-14/h4-7,9-12,14H,2-3,8H2,1H3,(H,26,27). The highest BCUT2D eigenvalue weighted by Gasteiger charge is 2.24. The molecule has 0 spiro atoms. The second-order valence-electron chi connectivity index (χ2n) is 7.32. The van der Waals surface area contributed by atoms with E-state index in [1.54, 1.807) is 6.20 Å². The fourth-order valence-electron chi connectivity index (χ4n) is 3.49. The predicted octanol–water partition coefficient (Wildman–Crippen LogP) is 4.94. The lowest BCUT2D eigenvalue weighted by molar-refractivity contribution is 0.570. The van der Waals surface area contributed by atoms with Crippen LogP contribution in [0.2, 0.25) is 0 Å². The summed E-state index contributed by atoms with van der Waals surface area (Å²) in [5.74, 6) is 0.191. The number of aryl methyl sites for hydroxylation is 1. The van der Waals surface area contributed by atoms with Gasteiger partial charge in [-0.3, -0.25) is 4.98 Å². The first-order chi connectivity index (χ1) is 13.2. The predicted molar refractivity (Wildman–Crippen MR) is 103 cm³/mol. The molecule has 0 saturated heterocycles. The van der Waals surface area contributed by atoms with Gasteiger partial charge < -0.3 is 4.98 Å². The SMILES string of the molecule is Cc1cnc2[nH]cc(Cc3cc(-c4ccc(C5CC5)nc4)cnc3F)c2c1. The average Bonchev–Trinajstić information content (AvgIpc) is 3.46. The van der Waals surface area contributed by atoms with E-state index in [0.717, 1.165) is 39.0 Å². The summed E-state index contributed by atoms with van der Waals surface area (Å²) in [6.45, 7) is 2.00. The molecule has 1 fully saturated rings.